The molecule has 43 heavy (non-hydrogen) atoms. The molecule has 0 saturated heterocycles. The van der Waals surface area contributed by atoms with Gasteiger partial charge in [0.05, 0.1) is 52.4 Å². The highest BCUT2D eigenvalue weighted by Crippen LogP contribution is 2.44. The second kappa shape index (κ2) is 21.1. The first kappa shape index (κ1) is 39.3. The van der Waals surface area contributed by atoms with E-state index in [9.17, 15) is 9.59 Å². The van der Waals surface area contributed by atoms with E-state index in [-0.39, 0.29) is 26.3 Å². The van der Waals surface area contributed by atoms with Crippen LogP contribution in [0.5, 0.6) is 0 Å². The molecule has 0 spiro atoms. The van der Waals surface area contributed by atoms with Crippen molar-refractivity contribution < 1.29 is 42.0 Å². The minimum atomic E-state index is -1.48. The fourth-order valence-electron chi connectivity index (χ4n) is 4.32. The maximum absolute atomic E-state index is 13.6. The Morgan fingerprint density at radius 3 is 1.60 bits per heavy atom. The highest BCUT2D eigenvalue weighted by molar-refractivity contribution is 7.98. The van der Waals surface area contributed by atoms with Crippen LogP contribution < -0.4 is 0 Å². The molecule has 0 aliphatic carbocycles. The molecule has 0 aromatic heterocycles. The third-order valence-corrected chi connectivity index (χ3v) is 8.13. The molecule has 12 heteroatoms. The third kappa shape index (κ3) is 10.7. The summed E-state index contributed by atoms with van der Waals surface area (Å²) in [4.78, 5) is 31.5. The molecular weight excluding hydrogens is 574 g/mol. The molecule has 0 aromatic rings. The predicted octanol–water partition coefficient (Wildman–Crippen LogP) is 7.61. The van der Waals surface area contributed by atoms with Crippen LogP contribution in [-0.2, 0) is 28.4 Å². The van der Waals surface area contributed by atoms with Crippen molar-refractivity contribution in [3.8, 4) is 0 Å². The van der Waals surface area contributed by atoms with Crippen LogP contribution in [0.3, 0.4) is 0 Å². The van der Waals surface area contributed by atoms with E-state index in [4.69, 9.17) is 33.4 Å². The molecule has 1 rings (SSSR count). The third-order valence-electron chi connectivity index (χ3n) is 6.81. The first-order chi connectivity index (χ1) is 20.8. The topological polar surface area (TPSA) is 105 Å². The van der Waals surface area contributed by atoms with Gasteiger partial charge in [0.2, 0.25) is 0 Å². The number of amides is 2. The Kier molecular flexibility index (Phi) is 19.3. The van der Waals surface area contributed by atoms with Crippen LogP contribution in [0.2, 0.25) is 0 Å². The number of carbonyl (C=O) groups is 2. The molecule has 0 saturated carbocycles. The van der Waals surface area contributed by atoms with Crippen LogP contribution in [-0.4, -0.2) is 91.7 Å². The summed E-state index contributed by atoms with van der Waals surface area (Å²) >= 11 is 1.07. The van der Waals surface area contributed by atoms with Crippen molar-refractivity contribution in [2.75, 3.05) is 52.7 Å². The van der Waals surface area contributed by atoms with Gasteiger partial charge in [-0.25, -0.2) is 9.79 Å². The van der Waals surface area contributed by atoms with E-state index < -0.39 is 27.8 Å². The van der Waals surface area contributed by atoms with Gasteiger partial charge < -0.3 is 28.4 Å². The second-order valence-electron chi connectivity index (χ2n) is 10.1. The summed E-state index contributed by atoms with van der Waals surface area (Å²) in [6.07, 6.45) is 9.10. The zero-order chi connectivity index (χ0) is 32.2. The van der Waals surface area contributed by atoms with Crippen molar-refractivity contribution >= 4 is 30.3 Å². The zero-order valence-corrected chi connectivity index (χ0v) is 28.8. The van der Waals surface area contributed by atoms with Gasteiger partial charge in [-0.15, -0.1) is 5.01 Å². The van der Waals surface area contributed by atoms with Crippen LogP contribution in [0, 0.1) is 0 Å². The number of hydrogen-bond donors (Lipinski definition) is 0. The first-order valence-corrected chi connectivity index (χ1v) is 17.1. The van der Waals surface area contributed by atoms with Gasteiger partial charge in [0.15, 0.2) is 17.0 Å². The Balaban J connectivity index is 3.84. The minimum Gasteiger partial charge on any atom is -0.447 e. The fraction of sp³-hybridized carbons (Fsp3) is 0.839. The average molecular weight is 633 g/mol. The van der Waals surface area contributed by atoms with Crippen molar-refractivity contribution in [1.82, 2.24) is 5.01 Å². The normalized spacial score (nSPS) is 16.8. The lowest BCUT2D eigenvalue weighted by molar-refractivity contribution is -0.835. The smallest absolute Gasteiger partial charge is 0.447 e. The molecule has 250 valence electrons. The van der Waals surface area contributed by atoms with Crippen LogP contribution in [0.25, 0.3) is 0 Å². The molecule has 1 unspecified atom stereocenters. The lowest BCUT2D eigenvalue weighted by Gasteiger charge is -2.46. The number of carbonyl (C=O) groups excluding carboxylic acids is 2. The molecule has 1 aliphatic rings. The molecule has 0 aromatic carbocycles. The summed E-state index contributed by atoms with van der Waals surface area (Å²) in [6.45, 7) is 17.8. The van der Waals surface area contributed by atoms with Gasteiger partial charge >= 0.3 is 12.2 Å². The van der Waals surface area contributed by atoms with Crippen molar-refractivity contribution in [1.29, 1.82) is 0 Å². The van der Waals surface area contributed by atoms with E-state index in [0.717, 1.165) is 63.3 Å². The van der Waals surface area contributed by atoms with Crippen molar-refractivity contribution in [3.63, 3.8) is 0 Å². The first-order valence-electron chi connectivity index (χ1n) is 16.3. The Bertz CT molecular complexity index is 852. The van der Waals surface area contributed by atoms with Gasteiger partial charge in [0.1, 0.15) is 6.54 Å². The number of ether oxygens (including phenoxy) is 6. The number of hydrogen-bond acceptors (Lipinski definition) is 10. The SMILES string of the molecule is CCCCOC1(OCCCC)C=NC(S[N+](CC)(C(=O)OCC)N(CC)C(=O)OCC)=CC1(OCCCC)OCCCC. The number of aliphatic imine (C=N–C) groups is 1. The highest BCUT2D eigenvalue weighted by atomic mass is 32.2. The molecule has 11 nitrogen and oxygen atoms in total. The molecule has 0 radical (unpaired) electrons. The van der Waals surface area contributed by atoms with Crippen LogP contribution in [0.4, 0.5) is 9.59 Å². The lowest BCUT2D eigenvalue weighted by Crippen LogP contribution is -2.63. The summed E-state index contributed by atoms with van der Waals surface area (Å²) in [5, 5.41) is 1.75. The zero-order valence-electron chi connectivity index (χ0n) is 28.0. The fourth-order valence-corrected chi connectivity index (χ4v) is 5.48. The minimum absolute atomic E-state index is 0.145. The van der Waals surface area contributed by atoms with Gasteiger partial charge in [-0.2, -0.15) is 4.79 Å². The van der Waals surface area contributed by atoms with Crippen LogP contribution >= 0.6 is 11.9 Å². The highest BCUT2D eigenvalue weighted by Gasteiger charge is 2.59. The van der Waals surface area contributed by atoms with Crippen molar-refractivity contribution in [2.24, 2.45) is 4.99 Å². The van der Waals surface area contributed by atoms with Gasteiger partial charge in [-0.3, -0.25) is 0 Å². The van der Waals surface area contributed by atoms with Gasteiger partial charge in [-0.1, -0.05) is 57.4 Å². The maximum atomic E-state index is 13.6. The maximum Gasteiger partial charge on any atom is 0.554 e. The van der Waals surface area contributed by atoms with Gasteiger partial charge in [-0.05, 0) is 53.4 Å². The van der Waals surface area contributed by atoms with E-state index in [1.54, 1.807) is 33.1 Å². The summed E-state index contributed by atoms with van der Waals surface area (Å²) in [6, 6.07) is 0. The summed E-state index contributed by atoms with van der Waals surface area (Å²) in [5.74, 6) is -2.93. The van der Waals surface area contributed by atoms with Gasteiger partial charge in [0.25, 0.3) is 11.6 Å². The largest absolute Gasteiger partial charge is 0.554 e. The molecule has 1 aliphatic heterocycles. The van der Waals surface area contributed by atoms with Crippen LogP contribution in [0.1, 0.15) is 107 Å². The second-order valence-corrected chi connectivity index (χ2v) is 11.3. The molecule has 1 heterocycles. The molecule has 0 N–H and O–H groups in total. The Hall–Kier alpha value is -1.70. The number of rotatable bonds is 22. The van der Waals surface area contributed by atoms with E-state index in [1.165, 1.54) is 5.01 Å². The molecule has 0 bridgehead atoms. The number of quaternary nitrogens is 1. The molecule has 0 fully saturated rings. The van der Waals surface area contributed by atoms with E-state index in [2.05, 4.69) is 27.7 Å². The summed E-state index contributed by atoms with van der Waals surface area (Å²) < 4.78 is 36.5. The monoisotopic (exact) mass is 632 g/mol. The standard InChI is InChI=1S/C31H58N3O8S/c1-9-17-21-39-30(40-22-18-10-2)25-27(32-26-31(30,41-23-19-11-3)42-24-20-12-4)43-34(14-6,29(36)38-16-8)33(13-5)28(35)37-15-7/h25-26H,9-24H2,1-8H3/q+1. The Morgan fingerprint density at radius 1 is 0.744 bits per heavy atom. The average Bonchev–Trinajstić information content (AvgIpc) is 2.99. The van der Waals surface area contributed by atoms with E-state index >= 15 is 0 Å². The van der Waals surface area contributed by atoms with Crippen molar-refractivity contribution in [2.45, 2.75) is 118 Å². The van der Waals surface area contributed by atoms with E-state index in [1.807, 2.05) is 6.92 Å². The van der Waals surface area contributed by atoms with Crippen LogP contribution in [0.15, 0.2) is 16.1 Å². The molecular formula is C31H58N3O8S+. The van der Waals surface area contributed by atoms with E-state index in [0.29, 0.717) is 31.5 Å². The number of nitrogens with zero attached hydrogens (tertiary/aromatic N) is 3. The predicted molar refractivity (Wildman–Crippen MR) is 170 cm³/mol. The number of unbranched alkanes of at least 4 members (excludes halogenated alkanes) is 4. The molecule has 2 amide bonds. The Labute approximate surface area is 264 Å². The quantitative estimate of drug-likeness (QED) is 0.0392. The molecule has 1 atom stereocenters. The lowest BCUT2D eigenvalue weighted by atomic mass is 10.0. The summed E-state index contributed by atoms with van der Waals surface area (Å²) in [7, 11) is 0. The Morgan fingerprint density at radius 2 is 1.21 bits per heavy atom. The van der Waals surface area contributed by atoms with Crippen molar-refractivity contribution in [3.05, 3.63) is 11.1 Å². The van der Waals surface area contributed by atoms with Gasteiger partial charge in [0, 0.05) is 6.08 Å². The summed E-state index contributed by atoms with van der Waals surface area (Å²) in [5.41, 5.74) is 0.